The van der Waals surface area contributed by atoms with Crippen molar-refractivity contribution < 1.29 is 9.53 Å². The van der Waals surface area contributed by atoms with Gasteiger partial charge in [-0.05, 0) is 28.1 Å². The number of halogens is 1. The van der Waals surface area contributed by atoms with Gasteiger partial charge in [-0.1, -0.05) is 5.21 Å². The van der Waals surface area contributed by atoms with Gasteiger partial charge in [0.25, 0.3) is 0 Å². The van der Waals surface area contributed by atoms with E-state index in [0.717, 1.165) is 4.47 Å². The highest BCUT2D eigenvalue weighted by Crippen LogP contribution is 2.26. The summed E-state index contributed by atoms with van der Waals surface area (Å²) in [5.41, 5.74) is 0.652. The Kier molecular flexibility index (Phi) is 3.93. The Bertz CT molecular complexity index is 542. The summed E-state index contributed by atoms with van der Waals surface area (Å²) < 4.78 is 7.33. The molecule has 0 unspecified atom stereocenters. The fourth-order valence-corrected chi connectivity index (χ4v) is 1.73. The Labute approximate surface area is 112 Å². The molecule has 0 aliphatic heterocycles. The van der Waals surface area contributed by atoms with E-state index in [1.165, 1.54) is 10.9 Å². The lowest BCUT2D eigenvalue weighted by atomic mass is 10.3. The van der Waals surface area contributed by atoms with Gasteiger partial charge in [-0.2, -0.15) is 0 Å². The molecule has 0 saturated carbocycles. The number of rotatable bonds is 4. The highest BCUT2D eigenvalue weighted by atomic mass is 79.9. The third-order valence-corrected chi connectivity index (χ3v) is 2.92. The lowest BCUT2D eigenvalue weighted by molar-refractivity contribution is -0.116. The first kappa shape index (κ1) is 12.6. The number of nitrogens with one attached hydrogen (secondary N) is 1. The van der Waals surface area contributed by atoms with Crippen molar-refractivity contribution in [2.45, 2.75) is 6.54 Å². The molecule has 1 N–H and O–H groups in total. The third-order valence-electron chi connectivity index (χ3n) is 2.23. The first-order valence-electron chi connectivity index (χ1n) is 5.16. The number of carbonyl (C=O) groups excluding carboxylic acids is 1. The molecule has 1 amide bonds. The van der Waals surface area contributed by atoms with Crippen LogP contribution in [0.1, 0.15) is 0 Å². The van der Waals surface area contributed by atoms with Crippen molar-refractivity contribution in [3.63, 3.8) is 0 Å². The number of benzene rings is 1. The fraction of sp³-hybridized carbons (Fsp3) is 0.182. The SMILES string of the molecule is COc1ccc(Br)c(NC(=O)Cn2ccnn2)c1. The van der Waals surface area contributed by atoms with E-state index in [1.54, 1.807) is 25.4 Å². The van der Waals surface area contributed by atoms with Crippen molar-refractivity contribution in [3.05, 3.63) is 35.1 Å². The van der Waals surface area contributed by atoms with Gasteiger partial charge in [0, 0.05) is 16.7 Å². The standard InChI is InChI=1S/C11H11BrN4O2/c1-18-8-2-3-9(12)10(6-8)14-11(17)7-16-5-4-13-15-16/h2-6H,7H2,1H3,(H,14,17). The van der Waals surface area contributed by atoms with Gasteiger partial charge in [0.15, 0.2) is 0 Å². The third kappa shape index (κ3) is 3.07. The summed E-state index contributed by atoms with van der Waals surface area (Å²) in [5, 5.41) is 10.1. The summed E-state index contributed by atoms with van der Waals surface area (Å²) in [6.45, 7) is 0.115. The molecule has 2 rings (SSSR count). The van der Waals surface area contributed by atoms with Crippen molar-refractivity contribution in [1.82, 2.24) is 15.0 Å². The number of aromatic nitrogens is 3. The minimum absolute atomic E-state index is 0.115. The number of anilines is 1. The van der Waals surface area contributed by atoms with Crippen molar-refractivity contribution in [2.24, 2.45) is 0 Å². The van der Waals surface area contributed by atoms with E-state index in [1.807, 2.05) is 6.07 Å². The number of hydrogen-bond acceptors (Lipinski definition) is 4. The number of carbonyl (C=O) groups is 1. The number of amides is 1. The van der Waals surface area contributed by atoms with Gasteiger partial charge < -0.3 is 10.1 Å². The zero-order chi connectivity index (χ0) is 13.0. The summed E-state index contributed by atoms with van der Waals surface area (Å²) in [7, 11) is 1.57. The molecule has 0 spiro atoms. The molecule has 6 nitrogen and oxygen atoms in total. The maximum absolute atomic E-state index is 11.8. The van der Waals surface area contributed by atoms with E-state index >= 15 is 0 Å². The molecule has 0 radical (unpaired) electrons. The molecule has 0 atom stereocenters. The van der Waals surface area contributed by atoms with Crippen LogP contribution < -0.4 is 10.1 Å². The summed E-state index contributed by atoms with van der Waals surface area (Å²) in [4.78, 5) is 11.8. The molecule has 0 fully saturated rings. The minimum atomic E-state index is -0.186. The molecular formula is C11H11BrN4O2. The molecule has 1 aromatic carbocycles. The van der Waals surface area contributed by atoms with E-state index in [4.69, 9.17) is 4.74 Å². The number of ether oxygens (including phenoxy) is 1. The van der Waals surface area contributed by atoms with Gasteiger partial charge in [0.05, 0.1) is 19.0 Å². The highest BCUT2D eigenvalue weighted by Gasteiger charge is 2.08. The topological polar surface area (TPSA) is 69.0 Å². The van der Waals surface area contributed by atoms with Crippen molar-refractivity contribution >= 4 is 27.5 Å². The van der Waals surface area contributed by atoms with Crippen LogP contribution in [0, 0.1) is 0 Å². The summed E-state index contributed by atoms with van der Waals surface area (Å²) in [6, 6.07) is 5.35. The zero-order valence-electron chi connectivity index (χ0n) is 9.63. The second-order valence-electron chi connectivity index (χ2n) is 3.49. The summed E-state index contributed by atoms with van der Waals surface area (Å²) >= 11 is 3.36. The monoisotopic (exact) mass is 310 g/mol. The Balaban J connectivity index is 2.06. The fourth-order valence-electron chi connectivity index (χ4n) is 1.38. The van der Waals surface area contributed by atoms with Crippen LogP contribution >= 0.6 is 15.9 Å². The van der Waals surface area contributed by atoms with Crippen LogP contribution in [0.3, 0.4) is 0 Å². The summed E-state index contributed by atoms with van der Waals surface area (Å²) in [6.07, 6.45) is 3.15. The lowest BCUT2D eigenvalue weighted by Crippen LogP contribution is -2.19. The molecule has 0 aliphatic rings. The molecule has 18 heavy (non-hydrogen) atoms. The van der Waals surface area contributed by atoms with Gasteiger partial charge in [0.2, 0.25) is 5.91 Å². The van der Waals surface area contributed by atoms with Gasteiger partial charge in [-0.3, -0.25) is 4.79 Å². The van der Waals surface area contributed by atoms with E-state index < -0.39 is 0 Å². The number of hydrogen-bond donors (Lipinski definition) is 1. The van der Waals surface area contributed by atoms with Crippen molar-refractivity contribution in [3.8, 4) is 5.75 Å². The second-order valence-corrected chi connectivity index (χ2v) is 4.35. The van der Waals surface area contributed by atoms with Crippen LogP contribution in [0.5, 0.6) is 5.75 Å². The quantitative estimate of drug-likeness (QED) is 0.933. The van der Waals surface area contributed by atoms with Crippen molar-refractivity contribution in [2.75, 3.05) is 12.4 Å². The molecule has 94 valence electrons. The van der Waals surface area contributed by atoms with Gasteiger partial charge in [-0.15, -0.1) is 5.10 Å². The van der Waals surface area contributed by atoms with Crippen LogP contribution in [0.2, 0.25) is 0 Å². The van der Waals surface area contributed by atoms with Gasteiger partial charge >= 0.3 is 0 Å². The van der Waals surface area contributed by atoms with Crippen LogP contribution in [-0.2, 0) is 11.3 Å². The lowest BCUT2D eigenvalue weighted by Gasteiger charge is -2.09. The molecule has 1 heterocycles. The molecule has 0 aliphatic carbocycles. The number of methoxy groups -OCH3 is 1. The van der Waals surface area contributed by atoms with E-state index in [-0.39, 0.29) is 12.5 Å². The van der Waals surface area contributed by atoms with Crippen LogP contribution in [0.15, 0.2) is 35.1 Å². The normalized spacial score (nSPS) is 10.1. The average Bonchev–Trinajstić information content (AvgIpc) is 2.84. The highest BCUT2D eigenvalue weighted by molar-refractivity contribution is 9.10. The first-order valence-corrected chi connectivity index (χ1v) is 5.96. The Morgan fingerprint density at radius 2 is 2.39 bits per heavy atom. The molecule has 7 heteroatoms. The number of nitrogens with zero attached hydrogens (tertiary/aromatic N) is 3. The average molecular weight is 311 g/mol. The predicted octanol–water partition coefficient (Wildman–Crippen LogP) is 1.69. The van der Waals surface area contributed by atoms with E-state index in [9.17, 15) is 4.79 Å². The van der Waals surface area contributed by atoms with E-state index in [0.29, 0.717) is 11.4 Å². The van der Waals surface area contributed by atoms with Crippen LogP contribution in [0.4, 0.5) is 5.69 Å². The Morgan fingerprint density at radius 3 is 3.06 bits per heavy atom. The van der Waals surface area contributed by atoms with Crippen LogP contribution in [-0.4, -0.2) is 28.0 Å². The molecule has 2 aromatic rings. The smallest absolute Gasteiger partial charge is 0.246 e. The Hall–Kier alpha value is -1.89. The Morgan fingerprint density at radius 1 is 1.56 bits per heavy atom. The maximum Gasteiger partial charge on any atom is 0.246 e. The second kappa shape index (κ2) is 5.63. The maximum atomic E-state index is 11.8. The molecule has 1 aromatic heterocycles. The first-order chi connectivity index (χ1) is 8.69. The zero-order valence-corrected chi connectivity index (χ0v) is 11.2. The minimum Gasteiger partial charge on any atom is -0.497 e. The van der Waals surface area contributed by atoms with Crippen molar-refractivity contribution in [1.29, 1.82) is 0 Å². The van der Waals surface area contributed by atoms with Gasteiger partial charge in [0.1, 0.15) is 12.3 Å². The molecule has 0 saturated heterocycles. The summed E-state index contributed by atoms with van der Waals surface area (Å²) in [5.74, 6) is 0.490. The predicted molar refractivity (Wildman–Crippen MR) is 69.3 cm³/mol. The molecular weight excluding hydrogens is 300 g/mol. The van der Waals surface area contributed by atoms with Crippen LogP contribution in [0.25, 0.3) is 0 Å². The molecule has 0 bridgehead atoms. The largest absolute Gasteiger partial charge is 0.497 e. The van der Waals surface area contributed by atoms with E-state index in [2.05, 4.69) is 31.6 Å². The van der Waals surface area contributed by atoms with Gasteiger partial charge in [-0.25, -0.2) is 4.68 Å².